The quantitative estimate of drug-likeness (QED) is 0.934. The molecule has 1 aliphatic rings. The molecule has 0 radical (unpaired) electrons. The van der Waals surface area contributed by atoms with Crippen molar-refractivity contribution in [3.05, 3.63) is 20.3 Å². The Balaban J connectivity index is 2.03. The topological polar surface area (TPSA) is 57.6 Å². The van der Waals surface area contributed by atoms with Gasteiger partial charge in [-0.15, -0.1) is 11.3 Å². The molecule has 1 unspecified atom stereocenters. The molecule has 98 valence electrons. The van der Waals surface area contributed by atoms with Gasteiger partial charge in [-0.2, -0.15) is 0 Å². The van der Waals surface area contributed by atoms with Crippen LogP contribution in [0.4, 0.5) is 0 Å². The number of rotatable bonds is 3. The summed E-state index contributed by atoms with van der Waals surface area (Å²) in [5, 5.41) is 8.72. The summed E-state index contributed by atoms with van der Waals surface area (Å²) in [7, 11) is 0. The van der Waals surface area contributed by atoms with E-state index >= 15 is 0 Å². The minimum absolute atomic E-state index is 0.0272. The number of carboxylic acid groups (broad SMARTS) is 1. The number of carbonyl (C=O) groups is 2. The van der Waals surface area contributed by atoms with Crippen molar-refractivity contribution in [3.63, 3.8) is 0 Å². The summed E-state index contributed by atoms with van der Waals surface area (Å²) in [6.07, 6.45) is 0.815. The molecule has 1 amide bonds. The van der Waals surface area contributed by atoms with Crippen molar-refractivity contribution in [1.82, 2.24) is 4.90 Å². The molecule has 2 rings (SSSR count). The van der Waals surface area contributed by atoms with Gasteiger partial charge in [-0.1, -0.05) is 23.2 Å². The predicted octanol–water partition coefficient (Wildman–Crippen LogP) is 2.99. The molecule has 0 saturated carbocycles. The molecular formula is C11H11Cl2NO3S. The van der Waals surface area contributed by atoms with Crippen molar-refractivity contribution in [2.45, 2.75) is 12.8 Å². The molecule has 0 spiro atoms. The summed E-state index contributed by atoms with van der Waals surface area (Å²) in [6, 6.07) is 1.56. The van der Waals surface area contributed by atoms with E-state index in [0.29, 0.717) is 33.7 Å². The largest absolute Gasteiger partial charge is 0.481 e. The van der Waals surface area contributed by atoms with Crippen LogP contribution in [0.3, 0.4) is 0 Å². The van der Waals surface area contributed by atoms with Gasteiger partial charge in [-0.3, -0.25) is 9.59 Å². The summed E-state index contributed by atoms with van der Waals surface area (Å²) in [6.45, 7) is 1.04. The highest BCUT2D eigenvalue weighted by molar-refractivity contribution is 7.20. The van der Waals surface area contributed by atoms with Gasteiger partial charge in [0, 0.05) is 19.5 Å². The zero-order chi connectivity index (χ0) is 13.3. The molecule has 1 N–H and O–H groups in total. The lowest BCUT2D eigenvalue weighted by Gasteiger charge is -2.15. The van der Waals surface area contributed by atoms with E-state index in [1.165, 1.54) is 0 Å². The number of hydrogen-bond donors (Lipinski definition) is 1. The standard InChI is InChI=1S/C11H11Cl2NO3S/c12-8-4-7(10(13)18-8)11(17)14-2-1-6(5-14)3-9(15)16/h4,6H,1-3,5H2,(H,15,16). The summed E-state index contributed by atoms with van der Waals surface area (Å²) in [5.74, 6) is -0.971. The number of thiophene rings is 1. The van der Waals surface area contributed by atoms with Crippen LogP contribution in [-0.2, 0) is 4.79 Å². The molecule has 0 bridgehead atoms. The van der Waals surface area contributed by atoms with Crippen LogP contribution < -0.4 is 0 Å². The smallest absolute Gasteiger partial charge is 0.303 e. The average Bonchev–Trinajstić information content (AvgIpc) is 2.84. The molecule has 1 atom stereocenters. The molecule has 0 aliphatic carbocycles. The Morgan fingerprint density at radius 2 is 2.22 bits per heavy atom. The van der Waals surface area contributed by atoms with E-state index < -0.39 is 5.97 Å². The Morgan fingerprint density at radius 1 is 1.50 bits per heavy atom. The van der Waals surface area contributed by atoms with Gasteiger partial charge < -0.3 is 10.0 Å². The Bertz CT molecular complexity index is 489. The predicted molar refractivity (Wildman–Crippen MR) is 70.6 cm³/mol. The molecule has 0 aromatic carbocycles. The monoisotopic (exact) mass is 307 g/mol. The Morgan fingerprint density at radius 3 is 2.78 bits per heavy atom. The number of carboxylic acids is 1. The number of aliphatic carboxylic acids is 1. The molecule has 1 saturated heterocycles. The first kappa shape index (κ1) is 13.6. The third kappa shape index (κ3) is 2.96. The maximum absolute atomic E-state index is 12.2. The van der Waals surface area contributed by atoms with Gasteiger partial charge in [0.05, 0.1) is 9.90 Å². The van der Waals surface area contributed by atoms with Gasteiger partial charge >= 0.3 is 5.97 Å². The van der Waals surface area contributed by atoms with Gasteiger partial charge in [-0.25, -0.2) is 0 Å². The van der Waals surface area contributed by atoms with Crippen LogP contribution in [0.1, 0.15) is 23.2 Å². The van der Waals surface area contributed by atoms with Crippen molar-refractivity contribution in [2.75, 3.05) is 13.1 Å². The zero-order valence-electron chi connectivity index (χ0n) is 9.36. The minimum Gasteiger partial charge on any atom is -0.481 e. The van der Waals surface area contributed by atoms with Crippen LogP contribution in [0.2, 0.25) is 8.67 Å². The number of hydrogen-bond acceptors (Lipinski definition) is 3. The average molecular weight is 308 g/mol. The molecule has 2 heterocycles. The molecule has 1 aromatic rings. The van der Waals surface area contributed by atoms with E-state index in [1.807, 2.05) is 0 Å². The number of carbonyl (C=O) groups excluding carboxylic acids is 1. The van der Waals surface area contributed by atoms with Crippen molar-refractivity contribution in [1.29, 1.82) is 0 Å². The maximum atomic E-state index is 12.2. The van der Waals surface area contributed by atoms with Crippen LogP contribution in [-0.4, -0.2) is 35.0 Å². The number of likely N-dealkylation sites (tertiary alicyclic amines) is 1. The lowest BCUT2D eigenvalue weighted by Crippen LogP contribution is -2.28. The van der Waals surface area contributed by atoms with E-state index in [2.05, 4.69) is 0 Å². The van der Waals surface area contributed by atoms with Gasteiger partial charge in [0.25, 0.3) is 5.91 Å². The van der Waals surface area contributed by atoms with Crippen molar-refractivity contribution < 1.29 is 14.7 Å². The number of nitrogens with zero attached hydrogens (tertiary/aromatic N) is 1. The molecule has 4 nitrogen and oxygen atoms in total. The van der Waals surface area contributed by atoms with Gasteiger partial charge in [0.2, 0.25) is 0 Å². The summed E-state index contributed by atoms with van der Waals surface area (Å²) in [4.78, 5) is 24.4. The van der Waals surface area contributed by atoms with Gasteiger partial charge in [-0.05, 0) is 18.4 Å². The summed E-state index contributed by atoms with van der Waals surface area (Å²) < 4.78 is 0.858. The second kappa shape index (κ2) is 5.47. The van der Waals surface area contributed by atoms with E-state index in [4.69, 9.17) is 28.3 Å². The van der Waals surface area contributed by atoms with E-state index in [9.17, 15) is 9.59 Å². The summed E-state index contributed by atoms with van der Waals surface area (Å²) in [5.41, 5.74) is 0.405. The first-order valence-electron chi connectivity index (χ1n) is 5.43. The van der Waals surface area contributed by atoms with E-state index in [-0.39, 0.29) is 18.2 Å². The van der Waals surface area contributed by atoms with Crippen LogP contribution in [0.5, 0.6) is 0 Å². The van der Waals surface area contributed by atoms with Crippen molar-refractivity contribution in [3.8, 4) is 0 Å². The fourth-order valence-corrected chi connectivity index (χ4v) is 3.54. The van der Waals surface area contributed by atoms with Crippen LogP contribution in [0, 0.1) is 5.92 Å². The molecular weight excluding hydrogens is 297 g/mol. The molecule has 1 aliphatic heterocycles. The maximum Gasteiger partial charge on any atom is 0.303 e. The number of halogens is 2. The highest BCUT2D eigenvalue weighted by Crippen LogP contribution is 2.33. The molecule has 1 aromatic heterocycles. The van der Waals surface area contributed by atoms with Crippen LogP contribution in [0.25, 0.3) is 0 Å². The third-order valence-electron chi connectivity index (χ3n) is 2.92. The van der Waals surface area contributed by atoms with Crippen molar-refractivity contribution in [2.24, 2.45) is 5.92 Å². The lowest BCUT2D eigenvalue weighted by atomic mass is 10.1. The van der Waals surface area contributed by atoms with Crippen LogP contribution >= 0.6 is 34.5 Å². The lowest BCUT2D eigenvalue weighted by molar-refractivity contribution is -0.138. The van der Waals surface area contributed by atoms with Gasteiger partial charge in [0.1, 0.15) is 4.34 Å². The highest BCUT2D eigenvalue weighted by atomic mass is 35.5. The third-order valence-corrected chi connectivity index (χ3v) is 4.41. The molecule has 1 fully saturated rings. The normalized spacial score (nSPS) is 19.2. The second-order valence-electron chi connectivity index (χ2n) is 4.24. The van der Waals surface area contributed by atoms with E-state index in [1.54, 1.807) is 11.0 Å². The van der Waals surface area contributed by atoms with E-state index in [0.717, 1.165) is 11.3 Å². The fourth-order valence-electron chi connectivity index (χ4n) is 2.09. The molecule has 18 heavy (non-hydrogen) atoms. The van der Waals surface area contributed by atoms with Crippen LogP contribution in [0.15, 0.2) is 6.07 Å². The second-order valence-corrected chi connectivity index (χ2v) is 6.53. The Kier molecular flexibility index (Phi) is 4.14. The fraction of sp³-hybridized carbons (Fsp3) is 0.455. The van der Waals surface area contributed by atoms with Gasteiger partial charge in [0.15, 0.2) is 0 Å². The highest BCUT2D eigenvalue weighted by Gasteiger charge is 2.29. The molecule has 7 heteroatoms. The SMILES string of the molecule is O=C(O)CC1CCN(C(=O)c2cc(Cl)sc2Cl)C1. The first-order chi connectivity index (χ1) is 8.47. The first-order valence-corrected chi connectivity index (χ1v) is 7.00. The Hall–Kier alpha value is -0.780. The van der Waals surface area contributed by atoms with Crippen molar-refractivity contribution >= 4 is 46.4 Å². The summed E-state index contributed by atoms with van der Waals surface area (Å²) >= 11 is 12.9. The number of amides is 1. The minimum atomic E-state index is -0.828. The zero-order valence-corrected chi connectivity index (χ0v) is 11.7. The Labute approximate surface area is 118 Å².